The summed E-state index contributed by atoms with van der Waals surface area (Å²) < 4.78 is 40.1. The Morgan fingerprint density at radius 1 is 1.40 bits per heavy atom. The van der Waals surface area contributed by atoms with Gasteiger partial charge >= 0.3 is 6.18 Å². The van der Waals surface area contributed by atoms with Crippen molar-refractivity contribution in [2.75, 3.05) is 0 Å². The number of Topliss-reactive ketones (excluding diaryl/α,β-unsaturated/α-hetero) is 1. The first-order valence-electron chi connectivity index (χ1n) is 7.44. The van der Waals surface area contributed by atoms with Gasteiger partial charge in [0.15, 0.2) is 11.5 Å². The molecule has 0 amide bonds. The number of aromatic amines is 1. The van der Waals surface area contributed by atoms with Gasteiger partial charge < -0.3 is 0 Å². The third-order valence-electron chi connectivity index (χ3n) is 4.48. The number of nitrogens with zero attached hydrogens (tertiary/aromatic N) is 2. The van der Waals surface area contributed by atoms with Crippen molar-refractivity contribution in [3.05, 3.63) is 50.8 Å². The van der Waals surface area contributed by atoms with E-state index in [9.17, 15) is 18.0 Å². The Hall–Kier alpha value is -2.14. The molecule has 2 aromatic rings. The lowest BCUT2D eigenvalue weighted by molar-refractivity contribution is -0.141. The van der Waals surface area contributed by atoms with Crippen LogP contribution in [0.4, 0.5) is 13.2 Å². The van der Waals surface area contributed by atoms with Gasteiger partial charge in [-0.1, -0.05) is 19.9 Å². The zero-order chi connectivity index (χ0) is 18.6. The molecule has 1 aliphatic carbocycles. The summed E-state index contributed by atoms with van der Waals surface area (Å²) in [6.45, 7) is 3.66. The lowest BCUT2D eigenvalue weighted by Gasteiger charge is -2.37. The summed E-state index contributed by atoms with van der Waals surface area (Å²) in [4.78, 5) is 13.0. The highest BCUT2D eigenvalue weighted by molar-refractivity contribution is 9.10. The van der Waals surface area contributed by atoms with Crippen LogP contribution < -0.4 is 0 Å². The predicted molar refractivity (Wildman–Crippen MR) is 87.0 cm³/mol. The van der Waals surface area contributed by atoms with Crippen LogP contribution >= 0.6 is 15.9 Å². The highest BCUT2D eigenvalue weighted by atomic mass is 79.9. The first-order valence-corrected chi connectivity index (χ1v) is 8.24. The number of hydrogen-bond donors (Lipinski definition) is 1. The molecule has 1 aliphatic rings. The lowest BCUT2D eigenvalue weighted by Crippen LogP contribution is -2.37. The van der Waals surface area contributed by atoms with Crippen LogP contribution in [0.3, 0.4) is 0 Å². The minimum atomic E-state index is -4.70. The van der Waals surface area contributed by atoms with E-state index in [0.29, 0.717) is 15.6 Å². The van der Waals surface area contributed by atoms with E-state index in [4.69, 9.17) is 5.26 Å². The minimum absolute atomic E-state index is 0.214. The minimum Gasteiger partial charge on any atom is -0.293 e. The van der Waals surface area contributed by atoms with Gasteiger partial charge in [0, 0.05) is 10.2 Å². The van der Waals surface area contributed by atoms with Crippen molar-refractivity contribution in [3.63, 3.8) is 0 Å². The zero-order valence-corrected chi connectivity index (χ0v) is 14.9. The number of carbonyl (C=O) groups excluding carboxylic acids is 1. The highest BCUT2D eigenvalue weighted by Crippen LogP contribution is 2.48. The van der Waals surface area contributed by atoms with Crippen LogP contribution in [0.2, 0.25) is 0 Å². The monoisotopic (exact) mass is 411 g/mol. The lowest BCUT2D eigenvalue weighted by atomic mass is 9.64. The van der Waals surface area contributed by atoms with Gasteiger partial charge in [0.2, 0.25) is 0 Å². The number of rotatable bonds is 1. The van der Waals surface area contributed by atoms with Crippen molar-refractivity contribution >= 4 is 21.7 Å². The van der Waals surface area contributed by atoms with Gasteiger partial charge in [0.25, 0.3) is 0 Å². The van der Waals surface area contributed by atoms with E-state index < -0.39 is 29.0 Å². The van der Waals surface area contributed by atoms with Crippen LogP contribution in [0.1, 0.15) is 52.6 Å². The van der Waals surface area contributed by atoms with Gasteiger partial charge in [-0.2, -0.15) is 23.5 Å². The molecule has 130 valence electrons. The van der Waals surface area contributed by atoms with Gasteiger partial charge in [-0.05, 0) is 45.5 Å². The number of halogens is 4. The average molecular weight is 412 g/mol. The third-order valence-corrected chi connectivity index (χ3v) is 5.14. The van der Waals surface area contributed by atoms with E-state index in [-0.39, 0.29) is 17.7 Å². The van der Waals surface area contributed by atoms with E-state index in [2.05, 4.69) is 26.1 Å². The summed E-state index contributed by atoms with van der Waals surface area (Å²) in [7, 11) is 0. The van der Waals surface area contributed by atoms with Gasteiger partial charge in [-0.3, -0.25) is 9.89 Å². The fraction of sp³-hybridized carbons (Fsp3) is 0.353. The number of benzene rings is 1. The van der Waals surface area contributed by atoms with Crippen LogP contribution in [-0.2, 0) is 12.6 Å². The zero-order valence-electron chi connectivity index (χ0n) is 13.3. The summed E-state index contributed by atoms with van der Waals surface area (Å²) in [6.07, 6.45) is -4.43. The second-order valence-corrected chi connectivity index (χ2v) is 7.59. The van der Waals surface area contributed by atoms with E-state index in [1.54, 1.807) is 18.2 Å². The molecule has 3 rings (SSSR count). The van der Waals surface area contributed by atoms with E-state index in [1.165, 1.54) is 0 Å². The molecule has 0 fully saturated rings. The van der Waals surface area contributed by atoms with Gasteiger partial charge in [-0.15, -0.1) is 0 Å². The van der Waals surface area contributed by atoms with Gasteiger partial charge in [0.05, 0.1) is 17.0 Å². The molecule has 1 unspecified atom stereocenters. The summed E-state index contributed by atoms with van der Waals surface area (Å²) in [5.41, 5.74) is -0.970. The van der Waals surface area contributed by atoms with Crippen molar-refractivity contribution in [1.29, 1.82) is 5.26 Å². The second kappa shape index (κ2) is 5.70. The molecule has 0 radical (unpaired) electrons. The van der Waals surface area contributed by atoms with E-state index >= 15 is 0 Å². The fourth-order valence-electron chi connectivity index (χ4n) is 3.44. The van der Waals surface area contributed by atoms with Crippen LogP contribution in [0.15, 0.2) is 22.7 Å². The SMILES string of the molecule is CC1(C)Cc2[nH]nc(C(F)(F)F)c2C(=O)C1c1ccc(C#N)c(Br)c1. The first-order chi connectivity index (χ1) is 11.6. The van der Waals surface area contributed by atoms with Crippen LogP contribution in [0, 0.1) is 16.7 Å². The van der Waals surface area contributed by atoms with Crippen LogP contribution in [0.25, 0.3) is 0 Å². The Morgan fingerprint density at radius 2 is 2.08 bits per heavy atom. The molecule has 1 aromatic heterocycles. The molecule has 4 nitrogen and oxygen atoms in total. The maximum atomic E-state index is 13.2. The summed E-state index contributed by atoms with van der Waals surface area (Å²) in [5.74, 6) is -1.37. The van der Waals surface area contributed by atoms with Crippen LogP contribution in [-0.4, -0.2) is 16.0 Å². The molecular weight excluding hydrogens is 399 g/mol. The highest BCUT2D eigenvalue weighted by Gasteiger charge is 2.49. The Balaban J connectivity index is 2.16. The molecule has 0 aliphatic heterocycles. The molecule has 0 spiro atoms. The Bertz CT molecular complexity index is 909. The number of ketones is 1. The number of fused-ring (bicyclic) bond motifs is 1. The van der Waals surface area contributed by atoms with Gasteiger partial charge in [0.1, 0.15) is 6.07 Å². The second-order valence-electron chi connectivity index (χ2n) is 6.74. The van der Waals surface area contributed by atoms with E-state index in [0.717, 1.165) is 0 Å². The largest absolute Gasteiger partial charge is 0.435 e. The molecule has 0 bridgehead atoms. The van der Waals surface area contributed by atoms with Gasteiger partial charge in [-0.25, -0.2) is 0 Å². The number of nitriles is 1. The number of nitrogens with one attached hydrogen (secondary N) is 1. The molecule has 1 N–H and O–H groups in total. The fourth-order valence-corrected chi connectivity index (χ4v) is 3.92. The Morgan fingerprint density at radius 3 is 2.64 bits per heavy atom. The number of aromatic nitrogens is 2. The van der Waals surface area contributed by atoms with Crippen molar-refractivity contribution < 1.29 is 18.0 Å². The number of hydrogen-bond acceptors (Lipinski definition) is 3. The van der Waals surface area contributed by atoms with Crippen molar-refractivity contribution in [1.82, 2.24) is 10.2 Å². The predicted octanol–water partition coefficient (Wildman–Crippen LogP) is 4.61. The average Bonchev–Trinajstić information content (AvgIpc) is 2.90. The molecule has 1 heterocycles. The van der Waals surface area contributed by atoms with Crippen molar-refractivity contribution in [2.24, 2.45) is 5.41 Å². The molecule has 0 saturated carbocycles. The Kier molecular flexibility index (Phi) is 4.03. The molecular formula is C17H13BrF3N3O. The van der Waals surface area contributed by atoms with Crippen molar-refractivity contribution in [2.45, 2.75) is 32.4 Å². The summed E-state index contributed by atoms with van der Waals surface area (Å²) in [6, 6.07) is 6.80. The summed E-state index contributed by atoms with van der Waals surface area (Å²) >= 11 is 3.27. The standard InChI is InChI=1S/C17H13BrF3N3O/c1-16(2)6-11-12(15(24-23-11)17(19,20)21)14(25)13(16)8-3-4-9(7-22)10(18)5-8/h3-5,13H,6H2,1-2H3,(H,23,24). The first kappa shape index (κ1) is 17.7. The number of alkyl halides is 3. The smallest absolute Gasteiger partial charge is 0.293 e. The third kappa shape index (κ3) is 2.86. The van der Waals surface area contributed by atoms with Crippen molar-refractivity contribution in [3.8, 4) is 6.07 Å². The molecule has 1 aromatic carbocycles. The molecule has 25 heavy (non-hydrogen) atoms. The number of H-pyrrole nitrogens is 1. The summed E-state index contributed by atoms with van der Waals surface area (Å²) in [5, 5.41) is 14.7. The topological polar surface area (TPSA) is 69.5 Å². The van der Waals surface area contributed by atoms with E-state index in [1.807, 2.05) is 19.9 Å². The maximum Gasteiger partial charge on any atom is 0.435 e. The Labute approximate surface area is 150 Å². The van der Waals surface area contributed by atoms with Crippen LogP contribution in [0.5, 0.6) is 0 Å². The maximum absolute atomic E-state index is 13.2. The quantitative estimate of drug-likeness (QED) is 0.744. The molecule has 8 heteroatoms. The molecule has 1 atom stereocenters. The normalized spacial score (nSPS) is 19.4. The number of carbonyl (C=O) groups is 1. The molecule has 0 saturated heterocycles.